The molecular weight excluding hydrogens is 471 g/mol. The molecule has 4 nitrogen and oxygen atoms in total. The van der Waals surface area contributed by atoms with Crippen LogP contribution in [0, 0.1) is 11.3 Å². The molecule has 1 fully saturated rings. The summed E-state index contributed by atoms with van der Waals surface area (Å²) in [6.45, 7) is 1.23. The number of likely N-dealkylation sites (tertiary alicyclic amines) is 1. The molecule has 1 N–H and O–H groups in total. The number of benzene rings is 2. The van der Waals surface area contributed by atoms with E-state index in [9.17, 15) is 18.0 Å². The molecule has 1 aromatic heterocycles. The SMILES string of the molecule is N#Cc1ccc(C(c2ccc(Cl)cc2)N2CC[C@@H](NC(=O)c3ccc(C(F)(F)F)s3)C2)cc1. The Labute approximate surface area is 198 Å². The maximum atomic E-state index is 12.9. The predicted molar refractivity (Wildman–Crippen MR) is 121 cm³/mol. The Morgan fingerprint density at radius 2 is 1.73 bits per heavy atom. The first-order valence-electron chi connectivity index (χ1n) is 10.2. The number of halogens is 4. The van der Waals surface area contributed by atoms with Crippen LogP contribution in [-0.2, 0) is 6.18 Å². The number of carbonyl (C=O) groups is 1. The van der Waals surface area contributed by atoms with Gasteiger partial charge in [0, 0.05) is 24.2 Å². The van der Waals surface area contributed by atoms with E-state index in [4.69, 9.17) is 16.9 Å². The Kier molecular flexibility index (Phi) is 6.75. The largest absolute Gasteiger partial charge is 0.425 e. The number of carbonyl (C=O) groups excluding carboxylic acids is 1. The van der Waals surface area contributed by atoms with Gasteiger partial charge in [0.25, 0.3) is 5.91 Å². The maximum Gasteiger partial charge on any atom is 0.425 e. The van der Waals surface area contributed by atoms with Gasteiger partial charge in [0.15, 0.2) is 0 Å². The van der Waals surface area contributed by atoms with Gasteiger partial charge in [-0.3, -0.25) is 9.69 Å². The summed E-state index contributed by atoms with van der Waals surface area (Å²) < 4.78 is 38.6. The minimum absolute atomic E-state index is 0.0436. The summed E-state index contributed by atoms with van der Waals surface area (Å²) in [7, 11) is 0. The van der Waals surface area contributed by atoms with Crippen LogP contribution in [0.2, 0.25) is 5.02 Å². The van der Waals surface area contributed by atoms with Gasteiger partial charge in [-0.2, -0.15) is 18.4 Å². The van der Waals surface area contributed by atoms with Crippen molar-refractivity contribution in [3.8, 4) is 6.07 Å². The van der Waals surface area contributed by atoms with Gasteiger partial charge in [-0.15, -0.1) is 11.3 Å². The molecule has 1 saturated heterocycles. The van der Waals surface area contributed by atoms with E-state index >= 15 is 0 Å². The Hall–Kier alpha value is -2.86. The predicted octanol–water partition coefficient (Wildman–Crippen LogP) is 5.89. The third-order valence-electron chi connectivity index (χ3n) is 5.57. The number of nitrogens with zero attached hydrogens (tertiary/aromatic N) is 2. The first-order valence-corrected chi connectivity index (χ1v) is 11.4. The molecule has 2 aromatic carbocycles. The van der Waals surface area contributed by atoms with Crippen LogP contribution in [0.1, 0.15) is 43.7 Å². The second-order valence-corrected chi connectivity index (χ2v) is 9.32. The van der Waals surface area contributed by atoms with Crippen molar-refractivity contribution < 1.29 is 18.0 Å². The molecule has 0 bridgehead atoms. The van der Waals surface area contributed by atoms with Crippen molar-refractivity contribution in [1.82, 2.24) is 10.2 Å². The molecule has 1 unspecified atom stereocenters. The molecule has 1 amide bonds. The number of hydrogen-bond donors (Lipinski definition) is 1. The van der Waals surface area contributed by atoms with Gasteiger partial charge in [-0.25, -0.2) is 0 Å². The highest BCUT2D eigenvalue weighted by Crippen LogP contribution is 2.35. The van der Waals surface area contributed by atoms with Crippen LogP contribution in [0.25, 0.3) is 0 Å². The lowest BCUT2D eigenvalue weighted by Crippen LogP contribution is -2.37. The highest BCUT2D eigenvalue weighted by atomic mass is 35.5. The topological polar surface area (TPSA) is 56.1 Å². The molecule has 0 saturated carbocycles. The highest BCUT2D eigenvalue weighted by molar-refractivity contribution is 7.14. The molecule has 33 heavy (non-hydrogen) atoms. The number of hydrogen-bond acceptors (Lipinski definition) is 4. The average molecular weight is 490 g/mol. The molecule has 0 spiro atoms. The van der Waals surface area contributed by atoms with Crippen LogP contribution in [0.3, 0.4) is 0 Å². The van der Waals surface area contributed by atoms with E-state index in [-0.39, 0.29) is 17.0 Å². The van der Waals surface area contributed by atoms with Gasteiger partial charge in [-0.05, 0) is 53.9 Å². The molecule has 0 aliphatic carbocycles. The Balaban J connectivity index is 1.51. The average Bonchev–Trinajstić information content (AvgIpc) is 3.46. The Bertz CT molecular complexity index is 1170. The summed E-state index contributed by atoms with van der Waals surface area (Å²) >= 11 is 6.51. The number of thiophene rings is 1. The Morgan fingerprint density at radius 1 is 1.09 bits per heavy atom. The zero-order valence-corrected chi connectivity index (χ0v) is 18.8. The molecule has 1 aliphatic heterocycles. The Morgan fingerprint density at radius 3 is 2.30 bits per heavy atom. The standard InChI is InChI=1S/C24H19ClF3N3OS/c25-18-7-5-17(6-8-18)22(16-3-1-15(13-29)2-4-16)31-12-11-19(14-31)30-23(32)20-9-10-21(33-20)24(26,27)28/h1-10,19,22H,11-12,14H2,(H,30,32)/t19-,22?/m1/s1. The quantitative estimate of drug-likeness (QED) is 0.486. The van der Waals surface area contributed by atoms with Crippen LogP contribution in [0.15, 0.2) is 60.7 Å². The van der Waals surface area contributed by atoms with Crippen molar-refractivity contribution in [2.45, 2.75) is 24.7 Å². The summed E-state index contributed by atoms with van der Waals surface area (Å²) in [4.78, 5) is 14.0. The van der Waals surface area contributed by atoms with Gasteiger partial charge >= 0.3 is 6.18 Å². The van der Waals surface area contributed by atoms with E-state index in [0.717, 1.165) is 17.2 Å². The van der Waals surface area contributed by atoms with Crippen LogP contribution >= 0.6 is 22.9 Å². The summed E-state index contributed by atoms with van der Waals surface area (Å²) in [5.74, 6) is -0.497. The summed E-state index contributed by atoms with van der Waals surface area (Å²) in [6, 6.07) is 18.8. The lowest BCUT2D eigenvalue weighted by atomic mass is 9.96. The van der Waals surface area contributed by atoms with E-state index in [2.05, 4.69) is 16.3 Å². The van der Waals surface area contributed by atoms with E-state index in [1.54, 1.807) is 12.1 Å². The molecule has 1 aliphatic rings. The van der Waals surface area contributed by atoms with Crippen molar-refractivity contribution in [1.29, 1.82) is 5.26 Å². The smallest absolute Gasteiger partial charge is 0.347 e. The molecule has 9 heteroatoms. The molecule has 0 radical (unpaired) electrons. The van der Waals surface area contributed by atoms with Gasteiger partial charge in [0.05, 0.1) is 22.6 Å². The molecule has 170 valence electrons. The van der Waals surface area contributed by atoms with Gasteiger partial charge in [0.1, 0.15) is 4.88 Å². The lowest BCUT2D eigenvalue weighted by Gasteiger charge is -2.29. The number of nitrogens with one attached hydrogen (secondary N) is 1. The molecule has 3 aromatic rings. The van der Waals surface area contributed by atoms with E-state index < -0.39 is 17.0 Å². The van der Waals surface area contributed by atoms with Crippen molar-refractivity contribution in [3.05, 3.63) is 92.1 Å². The third kappa shape index (κ3) is 5.38. The molecular formula is C24H19ClF3N3OS. The fraction of sp³-hybridized carbons (Fsp3) is 0.250. The number of amides is 1. The second-order valence-electron chi connectivity index (χ2n) is 7.80. The van der Waals surface area contributed by atoms with Gasteiger partial charge in [-0.1, -0.05) is 35.9 Å². The zero-order chi connectivity index (χ0) is 23.6. The van der Waals surface area contributed by atoms with Gasteiger partial charge in [0.2, 0.25) is 0 Å². The number of rotatable bonds is 5. The summed E-state index contributed by atoms with van der Waals surface area (Å²) in [5, 5.41) is 12.6. The molecule has 2 atom stereocenters. The van der Waals surface area contributed by atoms with Crippen molar-refractivity contribution in [3.63, 3.8) is 0 Å². The van der Waals surface area contributed by atoms with Crippen LogP contribution in [0.5, 0.6) is 0 Å². The minimum atomic E-state index is -4.46. The minimum Gasteiger partial charge on any atom is -0.347 e. The summed E-state index contributed by atoms with van der Waals surface area (Å²) in [6.07, 6.45) is -3.79. The monoisotopic (exact) mass is 489 g/mol. The van der Waals surface area contributed by atoms with E-state index in [1.165, 1.54) is 6.07 Å². The highest BCUT2D eigenvalue weighted by Gasteiger charge is 2.34. The van der Waals surface area contributed by atoms with Crippen LogP contribution in [0.4, 0.5) is 13.2 Å². The van der Waals surface area contributed by atoms with Crippen molar-refractivity contribution in [2.24, 2.45) is 0 Å². The number of nitriles is 1. The first kappa shape index (κ1) is 23.3. The van der Waals surface area contributed by atoms with E-state index in [0.29, 0.717) is 41.4 Å². The fourth-order valence-electron chi connectivity index (χ4n) is 4.01. The van der Waals surface area contributed by atoms with Crippen LogP contribution in [-0.4, -0.2) is 29.9 Å². The van der Waals surface area contributed by atoms with Crippen molar-refractivity contribution >= 4 is 28.8 Å². The number of alkyl halides is 3. The van der Waals surface area contributed by atoms with E-state index in [1.807, 2.05) is 36.4 Å². The molecule has 4 rings (SSSR count). The zero-order valence-electron chi connectivity index (χ0n) is 17.3. The van der Waals surface area contributed by atoms with Crippen molar-refractivity contribution in [2.75, 3.05) is 13.1 Å². The third-order valence-corrected chi connectivity index (χ3v) is 6.95. The first-order chi connectivity index (χ1) is 15.7. The van der Waals surface area contributed by atoms with Gasteiger partial charge < -0.3 is 5.32 Å². The maximum absolute atomic E-state index is 12.9. The normalized spacial score (nSPS) is 17.5. The molecule has 2 heterocycles. The lowest BCUT2D eigenvalue weighted by molar-refractivity contribution is -0.134. The fourth-order valence-corrected chi connectivity index (χ4v) is 4.91. The summed E-state index contributed by atoms with van der Waals surface area (Å²) in [5.41, 5.74) is 2.58. The second kappa shape index (κ2) is 9.56. The van der Waals surface area contributed by atoms with Crippen LogP contribution < -0.4 is 5.32 Å².